The highest BCUT2D eigenvalue weighted by Crippen LogP contribution is 2.14. The van der Waals surface area contributed by atoms with Gasteiger partial charge in [-0.2, -0.15) is 0 Å². The van der Waals surface area contributed by atoms with Crippen LogP contribution in [0.2, 0.25) is 0 Å². The van der Waals surface area contributed by atoms with E-state index in [2.05, 4.69) is 31.4 Å². The first-order valence-corrected chi connectivity index (χ1v) is 19.2. The lowest BCUT2D eigenvalue weighted by atomic mass is 10.0. The van der Waals surface area contributed by atoms with Gasteiger partial charge in [0.15, 0.2) is 0 Å². The molecule has 0 aromatic carbocycles. The second-order valence-corrected chi connectivity index (χ2v) is 13.3. The Balaban J connectivity index is 3.37. The summed E-state index contributed by atoms with van der Waals surface area (Å²) in [5, 5.41) is 6.25. The molecule has 0 fully saturated rings. The fraction of sp³-hybridized carbons (Fsp3) is 0.947. The number of unbranched alkanes of at least 4 members (excludes halogenated alkanes) is 25. The van der Waals surface area contributed by atoms with Crippen LogP contribution in [0.5, 0.6) is 0 Å². The summed E-state index contributed by atoms with van der Waals surface area (Å²) >= 11 is 0. The van der Waals surface area contributed by atoms with Crippen LogP contribution in [0.4, 0.5) is 0 Å². The lowest BCUT2D eigenvalue weighted by molar-refractivity contribution is -0.122. The second-order valence-electron chi connectivity index (χ2n) is 13.3. The molecule has 0 aliphatic heterocycles. The zero-order valence-electron chi connectivity index (χ0n) is 29.0. The maximum Gasteiger partial charge on any atom is 0.220 e. The van der Waals surface area contributed by atoms with E-state index in [4.69, 9.17) is 0 Å². The Hall–Kier alpha value is -1.06. The van der Waals surface area contributed by atoms with Crippen molar-refractivity contribution in [3.63, 3.8) is 0 Å². The first kappa shape index (κ1) is 40.9. The van der Waals surface area contributed by atoms with E-state index in [0.29, 0.717) is 12.8 Å². The summed E-state index contributed by atoms with van der Waals surface area (Å²) < 4.78 is 0. The van der Waals surface area contributed by atoms with Crippen molar-refractivity contribution in [1.29, 1.82) is 0 Å². The second kappa shape index (κ2) is 34.4. The zero-order valence-corrected chi connectivity index (χ0v) is 29.0. The third kappa shape index (κ3) is 33.4. The van der Waals surface area contributed by atoms with E-state index < -0.39 is 0 Å². The van der Waals surface area contributed by atoms with Gasteiger partial charge in [-0.15, -0.1) is 0 Å². The van der Waals surface area contributed by atoms with Crippen molar-refractivity contribution in [2.45, 2.75) is 226 Å². The molecule has 42 heavy (non-hydrogen) atoms. The quantitative estimate of drug-likeness (QED) is 0.0730. The minimum atomic E-state index is 0.205. The van der Waals surface area contributed by atoms with Crippen LogP contribution in [0.3, 0.4) is 0 Å². The molecule has 0 aliphatic carbocycles. The van der Waals surface area contributed by atoms with Crippen LogP contribution in [-0.4, -0.2) is 24.4 Å². The van der Waals surface area contributed by atoms with Crippen molar-refractivity contribution in [1.82, 2.24) is 10.6 Å². The highest BCUT2D eigenvalue weighted by Gasteiger charge is 2.07. The molecule has 2 N–H and O–H groups in total. The van der Waals surface area contributed by atoms with Gasteiger partial charge in [0.1, 0.15) is 0 Å². The van der Waals surface area contributed by atoms with Crippen LogP contribution >= 0.6 is 0 Å². The van der Waals surface area contributed by atoms with E-state index in [1.54, 1.807) is 0 Å². The third-order valence-corrected chi connectivity index (χ3v) is 8.81. The maximum absolute atomic E-state index is 12.2. The third-order valence-electron chi connectivity index (χ3n) is 8.81. The fourth-order valence-electron chi connectivity index (χ4n) is 5.92. The Morgan fingerprint density at radius 2 is 0.762 bits per heavy atom. The largest absolute Gasteiger partial charge is 0.356 e. The van der Waals surface area contributed by atoms with E-state index in [1.165, 1.54) is 154 Å². The van der Waals surface area contributed by atoms with E-state index >= 15 is 0 Å². The predicted octanol–water partition coefficient (Wildman–Crippen LogP) is 11.7. The minimum Gasteiger partial charge on any atom is -0.356 e. The Morgan fingerprint density at radius 3 is 1.14 bits per heavy atom. The standard InChI is InChI=1S/C38H76N2O2/c1-4-6-8-10-12-14-16-18-20-22-24-26-28-33-37(41)39-35-31-30-32-36(3)40-38(42)34-29-27-25-23-21-19-17-15-13-11-9-7-5-2/h36H,4-35H2,1-3H3,(H,39,41)(H,40,42)/t36-/m0/s1. The monoisotopic (exact) mass is 593 g/mol. The van der Waals surface area contributed by atoms with Gasteiger partial charge >= 0.3 is 0 Å². The van der Waals surface area contributed by atoms with Gasteiger partial charge < -0.3 is 10.6 Å². The van der Waals surface area contributed by atoms with Crippen molar-refractivity contribution >= 4 is 11.8 Å². The van der Waals surface area contributed by atoms with Gasteiger partial charge in [0.05, 0.1) is 0 Å². The number of carbonyl (C=O) groups is 2. The first-order valence-electron chi connectivity index (χ1n) is 19.2. The highest BCUT2D eigenvalue weighted by molar-refractivity contribution is 5.76. The molecule has 1 atom stereocenters. The summed E-state index contributed by atoms with van der Waals surface area (Å²) in [7, 11) is 0. The van der Waals surface area contributed by atoms with E-state index in [1.807, 2.05) is 0 Å². The van der Waals surface area contributed by atoms with Gasteiger partial charge in [0.2, 0.25) is 11.8 Å². The molecular formula is C38H76N2O2. The zero-order chi connectivity index (χ0) is 30.8. The van der Waals surface area contributed by atoms with Crippen LogP contribution in [-0.2, 0) is 9.59 Å². The summed E-state index contributed by atoms with van der Waals surface area (Å²) in [5.41, 5.74) is 0. The van der Waals surface area contributed by atoms with E-state index in [9.17, 15) is 9.59 Å². The summed E-state index contributed by atoms with van der Waals surface area (Å²) in [4.78, 5) is 24.3. The summed E-state index contributed by atoms with van der Waals surface area (Å²) in [6.07, 6.45) is 39.0. The molecule has 0 spiro atoms. The smallest absolute Gasteiger partial charge is 0.220 e. The summed E-state index contributed by atoms with van der Waals surface area (Å²) in [5.74, 6) is 0.411. The van der Waals surface area contributed by atoms with Crippen LogP contribution in [0.1, 0.15) is 220 Å². The van der Waals surface area contributed by atoms with Crippen LogP contribution in [0, 0.1) is 0 Å². The number of hydrogen-bond acceptors (Lipinski definition) is 2. The Morgan fingerprint density at radius 1 is 0.429 bits per heavy atom. The molecule has 0 aromatic heterocycles. The molecule has 2 amide bonds. The van der Waals surface area contributed by atoms with Crippen molar-refractivity contribution in [2.75, 3.05) is 6.54 Å². The molecule has 0 saturated heterocycles. The number of rotatable bonds is 34. The topological polar surface area (TPSA) is 58.2 Å². The molecule has 0 bridgehead atoms. The average Bonchev–Trinajstić information content (AvgIpc) is 2.97. The molecule has 0 aliphatic rings. The maximum atomic E-state index is 12.2. The lowest BCUT2D eigenvalue weighted by Gasteiger charge is -2.14. The van der Waals surface area contributed by atoms with Crippen molar-refractivity contribution in [3.05, 3.63) is 0 Å². The van der Waals surface area contributed by atoms with E-state index in [0.717, 1.165) is 38.6 Å². The minimum absolute atomic E-state index is 0.205. The predicted molar refractivity (Wildman–Crippen MR) is 185 cm³/mol. The molecule has 0 unspecified atom stereocenters. The first-order chi connectivity index (χ1) is 20.6. The fourth-order valence-corrected chi connectivity index (χ4v) is 5.92. The number of amides is 2. The molecule has 0 radical (unpaired) electrons. The van der Waals surface area contributed by atoms with Gasteiger partial charge in [-0.05, 0) is 39.0 Å². The molecule has 0 aromatic rings. The SMILES string of the molecule is CCCCCCCCCCCCCCCC(=O)NCCCC[C@H](C)NC(=O)CCCCCCCCCCCCCCC. The number of hydrogen-bond donors (Lipinski definition) is 2. The van der Waals surface area contributed by atoms with E-state index in [-0.39, 0.29) is 17.9 Å². The normalized spacial score (nSPS) is 12.0. The highest BCUT2D eigenvalue weighted by atomic mass is 16.2. The molecule has 4 heteroatoms. The van der Waals surface area contributed by atoms with Gasteiger partial charge in [0.25, 0.3) is 0 Å². The van der Waals surface area contributed by atoms with Crippen LogP contribution in [0.25, 0.3) is 0 Å². The van der Waals surface area contributed by atoms with Crippen molar-refractivity contribution in [2.24, 2.45) is 0 Å². The average molecular weight is 593 g/mol. The van der Waals surface area contributed by atoms with Gasteiger partial charge in [-0.25, -0.2) is 0 Å². The van der Waals surface area contributed by atoms with Crippen molar-refractivity contribution < 1.29 is 9.59 Å². The van der Waals surface area contributed by atoms with Gasteiger partial charge in [-0.3, -0.25) is 9.59 Å². The molecule has 0 saturated carbocycles. The number of nitrogens with one attached hydrogen (secondary N) is 2. The van der Waals surface area contributed by atoms with Gasteiger partial charge in [-0.1, -0.05) is 168 Å². The lowest BCUT2D eigenvalue weighted by Crippen LogP contribution is -2.32. The van der Waals surface area contributed by atoms with Crippen LogP contribution in [0.15, 0.2) is 0 Å². The molecular weight excluding hydrogens is 516 g/mol. The molecule has 250 valence electrons. The van der Waals surface area contributed by atoms with Crippen molar-refractivity contribution in [3.8, 4) is 0 Å². The molecule has 4 nitrogen and oxygen atoms in total. The van der Waals surface area contributed by atoms with Gasteiger partial charge in [0, 0.05) is 25.4 Å². The Bertz CT molecular complexity index is 565. The molecule has 0 rings (SSSR count). The number of carbonyl (C=O) groups excluding carboxylic acids is 2. The van der Waals surface area contributed by atoms with Crippen LogP contribution < -0.4 is 10.6 Å². The molecule has 0 heterocycles. The Labute approximate surface area is 264 Å². The Kier molecular flexibility index (Phi) is 33.6. The summed E-state index contributed by atoms with van der Waals surface area (Å²) in [6.45, 7) is 7.42. The summed E-state index contributed by atoms with van der Waals surface area (Å²) in [6, 6.07) is 0.223.